The van der Waals surface area contributed by atoms with Crippen molar-refractivity contribution in [3.05, 3.63) is 119 Å². The van der Waals surface area contributed by atoms with E-state index in [1.165, 1.54) is 6.08 Å². The van der Waals surface area contributed by atoms with Crippen LogP contribution >= 0.6 is 61.7 Å². The van der Waals surface area contributed by atoms with Crippen LogP contribution in [0.1, 0.15) is 16.7 Å². The largest absolute Gasteiger partial charge is 0.493 e. The lowest BCUT2D eigenvalue weighted by Gasteiger charge is -2.14. The maximum Gasteiger partial charge on any atom is 0.266 e. The van der Waals surface area contributed by atoms with Gasteiger partial charge in [0.05, 0.1) is 10.7 Å². The number of nitriles is 1. The second-order valence-electron chi connectivity index (χ2n) is 8.62. The molecule has 4 rings (SSSR count). The molecule has 0 unspecified atom stereocenters. The Morgan fingerprint density at radius 3 is 2.39 bits per heavy atom. The van der Waals surface area contributed by atoms with E-state index in [1.54, 1.807) is 55.6 Å². The molecule has 10 heteroatoms. The molecule has 1 amide bonds. The smallest absolute Gasteiger partial charge is 0.266 e. The minimum Gasteiger partial charge on any atom is -0.493 e. The first-order chi connectivity index (χ1) is 19.7. The van der Waals surface area contributed by atoms with E-state index in [1.807, 2.05) is 36.4 Å². The summed E-state index contributed by atoms with van der Waals surface area (Å²) in [7, 11) is 1.54. The fraction of sp³-hybridized carbons (Fsp3) is 0.0968. The zero-order chi connectivity index (χ0) is 29.4. The Morgan fingerprint density at radius 1 is 1.00 bits per heavy atom. The number of anilines is 1. The average molecular weight is 764 g/mol. The average Bonchev–Trinajstić information content (AvgIpc) is 2.96. The number of nitrogens with one attached hydrogen (secondary N) is 1. The number of ether oxygens (including phenoxy) is 3. The van der Waals surface area contributed by atoms with Gasteiger partial charge in [0.25, 0.3) is 5.91 Å². The van der Waals surface area contributed by atoms with Gasteiger partial charge < -0.3 is 19.5 Å². The predicted octanol–water partition coefficient (Wildman–Crippen LogP) is 9.07. The standard InChI is InChI=1S/C31H22BrCl2IN2O4/c1-39-29-14-20(13-28(35)30(29)41-17-19-2-5-23(32)6-3-19)12-22(16-36)31(38)37-25-8-10-26(11-9-25)40-18-21-4-7-24(33)15-27(21)34/h2-15H,17-18H2,1H3,(H,37,38)/b22-12+. The Kier molecular flexibility index (Phi) is 10.9. The van der Waals surface area contributed by atoms with Crippen LogP contribution in [0.25, 0.3) is 6.08 Å². The fourth-order valence-electron chi connectivity index (χ4n) is 3.65. The number of hydrogen-bond donors (Lipinski definition) is 1. The lowest BCUT2D eigenvalue weighted by Crippen LogP contribution is -2.13. The molecule has 0 aliphatic heterocycles. The van der Waals surface area contributed by atoms with E-state index >= 15 is 0 Å². The molecule has 0 atom stereocenters. The summed E-state index contributed by atoms with van der Waals surface area (Å²) in [6.45, 7) is 0.624. The Labute approximate surface area is 270 Å². The highest BCUT2D eigenvalue weighted by Crippen LogP contribution is 2.35. The second kappa shape index (κ2) is 14.6. The van der Waals surface area contributed by atoms with Gasteiger partial charge in [0, 0.05) is 25.8 Å². The first-order valence-electron chi connectivity index (χ1n) is 12.1. The van der Waals surface area contributed by atoms with Crippen molar-refractivity contribution in [1.29, 1.82) is 5.26 Å². The van der Waals surface area contributed by atoms with E-state index in [2.05, 4.69) is 43.8 Å². The van der Waals surface area contributed by atoms with E-state index in [0.717, 1.165) is 19.2 Å². The molecule has 0 saturated heterocycles. The van der Waals surface area contributed by atoms with E-state index in [-0.39, 0.29) is 12.2 Å². The summed E-state index contributed by atoms with van der Waals surface area (Å²) in [6.07, 6.45) is 1.51. The summed E-state index contributed by atoms with van der Waals surface area (Å²) in [5.41, 5.74) is 2.87. The predicted molar refractivity (Wildman–Crippen MR) is 174 cm³/mol. The van der Waals surface area contributed by atoms with Crippen LogP contribution in [0.15, 0.2) is 88.9 Å². The van der Waals surface area contributed by atoms with Crippen LogP contribution in [-0.4, -0.2) is 13.0 Å². The Hall–Kier alpha value is -3.23. The Morgan fingerprint density at radius 2 is 1.73 bits per heavy atom. The molecule has 4 aromatic rings. The number of carbonyl (C=O) groups excluding carboxylic acids is 1. The molecular formula is C31H22BrCl2IN2O4. The highest BCUT2D eigenvalue weighted by Gasteiger charge is 2.15. The maximum atomic E-state index is 12.9. The lowest BCUT2D eigenvalue weighted by molar-refractivity contribution is -0.112. The zero-order valence-corrected chi connectivity index (χ0v) is 26.8. The number of nitrogens with zero attached hydrogens (tertiary/aromatic N) is 1. The highest BCUT2D eigenvalue weighted by molar-refractivity contribution is 14.1. The lowest BCUT2D eigenvalue weighted by atomic mass is 10.1. The van der Waals surface area contributed by atoms with Crippen molar-refractivity contribution < 1.29 is 19.0 Å². The number of rotatable bonds is 10. The van der Waals surface area contributed by atoms with Gasteiger partial charge in [-0.3, -0.25) is 4.79 Å². The van der Waals surface area contributed by atoms with Gasteiger partial charge in [-0.05, 0) is 100 Å². The number of hydrogen-bond acceptors (Lipinski definition) is 5. The third-order valence-electron chi connectivity index (χ3n) is 5.75. The van der Waals surface area contributed by atoms with E-state index < -0.39 is 5.91 Å². The SMILES string of the molecule is COc1cc(/C=C(\C#N)C(=O)Nc2ccc(OCc3ccc(Cl)cc3Cl)cc2)cc(I)c1OCc1ccc(Br)cc1. The van der Waals surface area contributed by atoms with Gasteiger partial charge in [-0.1, -0.05) is 57.3 Å². The molecular weight excluding hydrogens is 742 g/mol. The van der Waals surface area contributed by atoms with Gasteiger partial charge in [-0.15, -0.1) is 0 Å². The molecule has 0 spiro atoms. The minimum absolute atomic E-state index is 0.0657. The van der Waals surface area contributed by atoms with Crippen molar-refractivity contribution in [1.82, 2.24) is 0 Å². The second-order valence-corrected chi connectivity index (χ2v) is 11.5. The third-order valence-corrected chi connectivity index (χ3v) is 7.66. The van der Waals surface area contributed by atoms with Crippen molar-refractivity contribution in [2.24, 2.45) is 0 Å². The van der Waals surface area contributed by atoms with Gasteiger partial charge in [-0.2, -0.15) is 5.26 Å². The van der Waals surface area contributed by atoms with Crippen LogP contribution in [0.5, 0.6) is 17.2 Å². The van der Waals surface area contributed by atoms with Gasteiger partial charge >= 0.3 is 0 Å². The number of carbonyl (C=O) groups is 1. The number of amides is 1. The van der Waals surface area contributed by atoms with Gasteiger partial charge in [-0.25, -0.2) is 0 Å². The van der Waals surface area contributed by atoms with E-state index in [0.29, 0.717) is 45.2 Å². The summed E-state index contributed by atoms with van der Waals surface area (Å²) < 4.78 is 19.1. The van der Waals surface area contributed by atoms with Crippen LogP contribution in [0.2, 0.25) is 10.0 Å². The minimum atomic E-state index is -0.543. The summed E-state index contributed by atoms with van der Waals surface area (Å²) in [5.74, 6) is 1.12. The van der Waals surface area contributed by atoms with Gasteiger partial charge in [0.2, 0.25) is 0 Å². The topological polar surface area (TPSA) is 80.6 Å². The summed E-state index contributed by atoms with van der Waals surface area (Å²) in [5, 5.41) is 13.5. The molecule has 0 bridgehead atoms. The molecule has 6 nitrogen and oxygen atoms in total. The zero-order valence-electron chi connectivity index (χ0n) is 21.6. The van der Waals surface area contributed by atoms with Crippen molar-refractivity contribution in [2.45, 2.75) is 13.2 Å². The van der Waals surface area contributed by atoms with Crippen LogP contribution in [0, 0.1) is 14.9 Å². The molecule has 1 N–H and O–H groups in total. The molecule has 0 fully saturated rings. The number of methoxy groups -OCH3 is 1. The summed E-state index contributed by atoms with van der Waals surface area (Å²) in [4.78, 5) is 12.9. The van der Waals surface area contributed by atoms with Crippen molar-refractivity contribution in [2.75, 3.05) is 12.4 Å². The molecule has 0 radical (unpaired) electrons. The van der Waals surface area contributed by atoms with Crippen LogP contribution < -0.4 is 19.5 Å². The van der Waals surface area contributed by atoms with Crippen molar-refractivity contribution in [3.63, 3.8) is 0 Å². The van der Waals surface area contributed by atoms with E-state index in [9.17, 15) is 10.1 Å². The molecule has 0 aromatic heterocycles. The molecule has 4 aromatic carbocycles. The Bertz CT molecular complexity index is 1620. The molecule has 0 aliphatic carbocycles. The van der Waals surface area contributed by atoms with Crippen molar-refractivity contribution in [3.8, 4) is 23.3 Å². The normalized spacial score (nSPS) is 11.0. The Balaban J connectivity index is 1.41. The van der Waals surface area contributed by atoms with Crippen molar-refractivity contribution >= 4 is 79.4 Å². The highest BCUT2D eigenvalue weighted by atomic mass is 127. The first kappa shape index (κ1) is 30.7. The summed E-state index contributed by atoms with van der Waals surface area (Å²) in [6, 6.07) is 25.4. The maximum absolute atomic E-state index is 12.9. The fourth-order valence-corrected chi connectivity index (χ4v) is 5.16. The quantitative estimate of drug-likeness (QED) is 0.0991. The number of benzene rings is 4. The number of halogens is 4. The molecule has 0 saturated carbocycles. The van der Waals surface area contributed by atoms with Crippen LogP contribution in [0.3, 0.4) is 0 Å². The molecule has 41 heavy (non-hydrogen) atoms. The molecule has 0 heterocycles. The molecule has 208 valence electrons. The summed E-state index contributed by atoms with van der Waals surface area (Å²) >= 11 is 17.7. The van der Waals surface area contributed by atoms with E-state index in [4.69, 9.17) is 37.4 Å². The van der Waals surface area contributed by atoms with Crippen LogP contribution in [0.4, 0.5) is 5.69 Å². The first-order valence-corrected chi connectivity index (χ1v) is 14.7. The monoisotopic (exact) mass is 762 g/mol. The third kappa shape index (κ3) is 8.63. The molecule has 0 aliphatic rings. The van der Waals surface area contributed by atoms with Gasteiger partial charge in [0.1, 0.15) is 30.6 Å². The van der Waals surface area contributed by atoms with Crippen LogP contribution in [-0.2, 0) is 18.0 Å². The van der Waals surface area contributed by atoms with Gasteiger partial charge in [0.15, 0.2) is 11.5 Å².